The maximum atomic E-state index is 13.9. The Balaban J connectivity index is 0.000000811. The fourth-order valence-electron chi connectivity index (χ4n) is 6.80. The number of benzene rings is 3. The number of rotatable bonds is 12. The molecule has 0 spiro atoms. The van der Waals surface area contributed by atoms with Gasteiger partial charge in [0.05, 0.1) is 19.8 Å². The molecule has 0 saturated carbocycles. The zero-order valence-electron chi connectivity index (χ0n) is 31.1. The number of nitrogens with zero attached hydrogens (tertiary/aromatic N) is 3. The molecule has 1 N–H and O–H groups in total. The molecule has 7 rings (SSSR count). The number of aromatic nitrogens is 1. The molecule has 17 heteroatoms. The molecule has 3 fully saturated rings. The van der Waals surface area contributed by atoms with Gasteiger partial charge >= 0.3 is 24.1 Å². The Morgan fingerprint density at radius 2 is 1.56 bits per heavy atom. The first kappa shape index (κ1) is 42.9. The van der Waals surface area contributed by atoms with Crippen molar-refractivity contribution in [3.63, 3.8) is 0 Å². The zero-order chi connectivity index (χ0) is 41.4. The van der Waals surface area contributed by atoms with Gasteiger partial charge in [0.1, 0.15) is 22.3 Å². The number of methoxy groups -OCH3 is 2. The van der Waals surface area contributed by atoms with Gasteiger partial charge in [0.2, 0.25) is 0 Å². The molecule has 4 aromatic rings. The first-order valence-corrected chi connectivity index (χ1v) is 18.5. The fourth-order valence-corrected chi connectivity index (χ4v) is 7.40. The topological polar surface area (TPSA) is 142 Å². The van der Waals surface area contributed by atoms with E-state index in [1.54, 1.807) is 36.4 Å². The summed E-state index contributed by atoms with van der Waals surface area (Å²) in [7, 11) is 4.85. The number of ether oxygens (including phenoxy) is 4. The number of hydrogen-bond acceptors (Lipinski definition) is 10. The lowest BCUT2D eigenvalue weighted by Gasteiger charge is -2.44. The largest absolute Gasteiger partial charge is 0.619 e. The number of carbonyl (C=O) groups excluding carboxylic acids is 2. The molecule has 3 aromatic carbocycles. The number of esters is 2. The van der Waals surface area contributed by atoms with Crippen LogP contribution in [-0.4, -0.2) is 81.1 Å². The number of carboxylic acids is 1. The second-order valence-electron chi connectivity index (χ2n) is 13.4. The molecule has 0 radical (unpaired) electrons. The standard InChI is InChI=1S/C38H39Cl2N3O7.C2HF3O2/c1-41(36(25-8-5-4-6-9-25)38(45)50-35-23-42-16-14-24(35)15-17-42)28-11-7-10-27(18-28)37(44)49-33(20-29-30(39)21-43(46)22-31(29)40)26-12-13-32(47-2)34(19-26)48-3;3-2(4,5)1(6)7/h4-13,18-19,21-22,24,33,35-36H,14-17,20,23H2,1-3H3;(H,6,7)/t33?,35-,36?;/m0./s1. The summed E-state index contributed by atoms with van der Waals surface area (Å²) in [5.41, 5.74) is 2.69. The monoisotopic (exact) mass is 833 g/mol. The average molecular weight is 835 g/mol. The number of likely N-dealkylation sites (N-methyl/N-ethyl adjacent to an activating group) is 1. The summed E-state index contributed by atoms with van der Waals surface area (Å²) in [4.78, 5) is 40.9. The number of pyridine rings is 1. The molecule has 1 aromatic heterocycles. The molecule has 3 aliphatic heterocycles. The van der Waals surface area contributed by atoms with E-state index in [2.05, 4.69) is 4.90 Å². The van der Waals surface area contributed by atoms with Crippen LogP contribution in [0.1, 0.15) is 52.0 Å². The van der Waals surface area contributed by atoms with Gasteiger partial charge in [-0.1, -0.05) is 65.7 Å². The lowest BCUT2D eigenvalue weighted by atomic mass is 9.86. The summed E-state index contributed by atoms with van der Waals surface area (Å²) in [6, 6.07) is 20.8. The lowest BCUT2D eigenvalue weighted by molar-refractivity contribution is -0.605. The van der Waals surface area contributed by atoms with Gasteiger partial charge in [-0.05, 0) is 73.3 Å². The summed E-state index contributed by atoms with van der Waals surface area (Å²) in [5, 5.41) is 19.3. The highest BCUT2D eigenvalue weighted by atomic mass is 35.5. The number of anilines is 1. The molecular formula is C40H40Cl2F3N3O9. The van der Waals surface area contributed by atoms with Crippen LogP contribution >= 0.6 is 23.2 Å². The third-order valence-corrected chi connectivity index (χ3v) is 10.4. The minimum Gasteiger partial charge on any atom is -0.619 e. The first-order valence-electron chi connectivity index (χ1n) is 17.7. The Morgan fingerprint density at radius 1 is 0.930 bits per heavy atom. The predicted molar refractivity (Wildman–Crippen MR) is 204 cm³/mol. The molecular weight excluding hydrogens is 794 g/mol. The van der Waals surface area contributed by atoms with Crippen LogP contribution in [0.2, 0.25) is 10.0 Å². The van der Waals surface area contributed by atoms with Gasteiger partial charge in [0, 0.05) is 31.3 Å². The van der Waals surface area contributed by atoms with E-state index in [0.29, 0.717) is 39.0 Å². The summed E-state index contributed by atoms with van der Waals surface area (Å²) in [5.74, 6) is -2.41. The minimum absolute atomic E-state index is 0.0703. The number of aliphatic carboxylic acids is 1. The Kier molecular flexibility index (Phi) is 14.1. The maximum absolute atomic E-state index is 13.9. The number of fused-ring (bicyclic) bond motifs is 3. The Morgan fingerprint density at radius 3 is 2.12 bits per heavy atom. The molecule has 12 nitrogen and oxygen atoms in total. The van der Waals surface area contributed by atoms with Crippen molar-refractivity contribution in [3.05, 3.63) is 123 Å². The molecule has 3 atom stereocenters. The van der Waals surface area contributed by atoms with Gasteiger partial charge in [0.25, 0.3) is 0 Å². The molecule has 0 amide bonds. The number of carbonyl (C=O) groups is 3. The zero-order valence-corrected chi connectivity index (χ0v) is 32.6. The summed E-state index contributed by atoms with van der Waals surface area (Å²) in [6.45, 7) is 2.84. The van der Waals surface area contributed by atoms with Crippen molar-refractivity contribution in [2.24, 2.45) is 5.92 Å². The van der Waals surface area contributed by atoms with Gasteiger partial charge in [-0.25, -0.2) is 14.4 Å². The van der Waals surface area contributed by atoms with E-state index >= 15 is 0 Å². The van der Waals surface area contributed by atoms with Crippen molar-refractivity contribution in [2.45, 2.75) is 43.7 Å². The number of carboxylic acid groups (broad SMARTS) is 1. The smallest absolute Gasteiger partial charge is 0.490 e. The normalized spacial score (nSPS) is 18.3. The summed E-state index contributed by atoms with van der Waals surface area (Å²) >= 11 is 12.9. The molecule has 57 heavy (non-hydrogen) atoms. The van der Waals surface area contributed by atoms with Crippen molar-refractivity contribution in [3.8, 4) is 11.5 Å². The second kappa shape index (κ2) is 18.8. The van der Waals surface area contributed by atoms with Gasteiger partial charge in [-0.2, -0.15) is 17.9 Å². The Labute approximate surface area is 336 Å². The van der Waals surface area contributed by atoms with Crippen molar-refractivity contribution in [1.82, 2.24) is 4.90 Å². The highest BCUT2D eigenvalue weighted by Gasteiger charge is 2.39. The average Bonchev–Trinajstić information content (AvgIpc) is 3.19. The molecule has 3 saturated heterocycles. The van der Waals surface area contributed by atoms with Crippen LogP contribution in [0.5, 0.6) is 11.5 Å². The van der Waals surface area contributed by atoms with E-state index in [4.69, 9.17) is 52.1 Å². The Hall–Kier alpha value is -5.25. The van der Waals surface area contributed by atoms with E-state index in [-0.39, 0.29) is 34.1 Å². The van der Waals surface area contributed by atoms with Crippen LogP contribution in [-0.2, 0) is 25.5 Å². The molecule has 2 bridgehead atoms. The van der Waals surface area contributed by atoms with Gasteiger partial charge in [-0.15, -0.1) is 0 Å². The Bertz CT molecular complexity index is 2030. The third-order valence-electron chi connectivity index (χ3n) is 9.80. The van der Waals surface area contributed by atoms with E-state index < -0.39 is 30.3 Å². The van der Waals surface area contributed by atoms with Crippen molar-refractivity contribution in [2.75, 3.05) is 45.8 Å². The predicted octanol–water partition coefficient (Wildman–Crippen LogP) is 7.23. The van der Waals surface area contributed by atoms with Gasteiger partial charge in [-0.3, -0.25) is 4.90 Å². The quantitative estimate of drug-likeness (QED) is 0.0878. The fraction of sp³-hybridized carbons (Fsp3) is 0.350. The summed E-state index contributed by atoms with van der Waals surface area (Å²) in [6.07, 6.45) is -1.60. The first-order chi connectivity index (χ1) is 27.1. The third kappa shape index (κ3) is 10.8. The second-order valence-corrected chi connectivity index (χ2v) is 14.2. The molecule has 2 unspecified atom stereocenters. The van der Waals surface area contributed by atoms with Crippen LogP contribution in [0.15, 0.2) is 85.2 Å². The highest BCUT2D eigenvalue weighted by molar-refractivity contribution is 6.35. The van der Waals surface area contributed by atoms with Crippen LogP contribution in [0.4, 0.5) is 18.9 Å². The van der Waals surface area contributed by atoms with Gasteiger partial charge < -0.3 is 34.2 Å². The summed E-state index contributed by atoms with van der Waals surface area (Å²) < 4.78 is 55.5. The van der Waals surface area contributed by atoms with Crippen LogP contribution in [0.3, 0.4) is 0 Å². The van der Waals surface area contributed by atoms with Crippen molar-refractivity contribution in [1.29, 1.82) is 0 Å². The van der Waals surface area contributed by atoms with E-state index in [0.717, 1.165) is 38.0 Å². The van der Waals surface area contributed by atoms with Crippen molar-refractivity contribution < 1.29 is 56.3 Å². The van der Waals surface area contributed by atoms with E-state index in [9.17, 15) is 28.0 Å². The van der Waals surface area contributed by atoms with Crippen LogP contribution in [0.25, 0.3) is 0 Å². The number of piperidine rings is 3. The molecule has 304 valence electrons. The molecule has 4 heterocycles. The molecule has 3 aliphatic rings. The van der Waals surface area contributed by atoms with E-state index in [1.807, 2.05) is 48.3 Å². The number of hydrogen-bond donors (Lipinski definition) is 1. The lowest BCUT2D eigenvalue weighted by Crippen LogP contribution is -2.52. The highest BCUT2D eigenvalue weighted by Crippen LogP contribution is 2.37. The van der Waals surface area contributed by atoms with Crippen molar-refractivity contribution >= 4 is 46.8 Å². The molecule has 0 aliphatic carbocycles. The van der Waals surface area contributed by atoms with Gasteiger partial charge in [0.15, 0.2) is 29.9 Å². The number of alkyl halides is 3. The minimum atomic E-state index is -5.08. The van der Waals surface area contributed by atoms with Crippen LogP contribution in [0, 0.1) is 11.1 Å². The number of halogens is 5. The SMILES string of the molecule is COc1ccc(C(Cc2c(Cl)c[n+]([O-])cc2Cl)OC(=O)c2cccc(N(C)C(C(=O)O[C@H]3CN4CCC3CC4)c3ccccc3)c2)cc1OC.O=C(O)C(F)(F)F. The maximum Gasteiger partial charge on any atom is 0.490 e. The van der Waals surface area contributed by atoms with Crippen LogP contribution < -0.4 is 19.1 Å². The van der Waals surface area contributed by atoms with E-state index in [1.165, 1.54) is 26.6 Å².